The van der Waals surface area contributed by atoms with Crippen LogP contribution in [0.3, 0.4) is 0 Å². The van der Waals surface area contributed by atoms with E-state index in [1.807, 2.05) is 22.4 Å². The summed E-state index contributed by atoms with van der Waals surface area (Å²) in [7, 11) is 0. The number of hydrogen-bond donors (Lipinski definition) is 0. The van der Waals surface area contributed by atoms with Crippen LogP contribution in [0.2, 0.25) is 0 Å². The number of pyridine rings is 1. The quantitative estimate of drug-likeness (QED) is 0.235. The van der Waals surface area contributed by atoms with Crippen LogP contribution in [0.4, 0.5) is 5.69 Å². The van der Waals surface area contributed by atoms with E-state index in [2.05, 4.69) is 87.0 Å². The van der Waals surface area contributed by atoms with Crippen LogP contribution in [0.5, 0.6) is 0 Å². The van der Waals surface area contributed by atoms with Crippen LogP contribution in [0.15, 0.2) is 83.6 Å². The Labute approximate surface area is 241 Å². The van der Waals surface area contributed by atoms with E-state index in [1.165, 1.54) is 28.2 Å². The molecule has 8 nitrogen and oxygen atoms in total. The molecule has 0 N–H and O–H groups in total. The Morgan fingerprint density at radius 3 is 2.42 bits per heavy atom. The topological polar surface area (TPSA) is 80.0 Å². The Bertz CT molecular complexity index is 1610. The van der Waals surface area contributed by atoms with Crippen molar-refractivity contribution in [2.24, 2.45) is 0 Å². The lowest BCUT2D eigenvalue weighted by molar-refractivity contribution is 0.0741. The fourth-order valence-electron chi connectivity index (χ4n) is 4.81. The number of rotatable bonds is 7. The number of carbonyl (C=O) groups excluding carboxylic acids is 1. The van der Waals surface area contributed by atoms with Gasteiger partial charge in [0.1, 0.15) is 10.7 Å². The number of hydrogen-bond acceptors (Lipinski definition) is 8. The van der Waals surface area contributed by atoms with Crippen molar-refractivity contribution in [3.8, 4) is 17.1 Å². The van der Waals surface area contributed by atoms with Crippen molar-refractivity contribution in [2.75, 3.05) is 31.1 Å². The van der Waals surface area contributed by atoms with Crippen molar-refractivity contribution in [3.63, 3.8) is 0 Å². The van der Waals surface area contributed by atoms with Gasteiger partial charge >= 0.3 is 0 Å². The van der Waals surface area contributed by atoms with Gasteiger partial charge in [-0.1, -0.05) is 47.7 Å². The van der Waals surface area contributed by atoms with Crippen LogP contribution in [-0.2, 0) is 5.75 Å². The third kappa shape index (κ3) is 5.50. The monoisotopic (exact) mass is 567 g/mol. The van der Waals surface area contributed by atoms with E-state index in [1.54, 1.807) is 24.2 Å². The van der Waals surface area contributed by atoms with Gasteiger partial charge in [-0.25, -0.2) is 4.98 Å². The van der Waals surface area contributed by atoms with Crippen molar-refractivity contribution in [1.82, 2.24) is 29.6 Å². The molecule has 202 valence electrons. The van der Waals surface area contributed by atoms with Gasteiger partial charge in [-0.3, -0.25) is 14.3 Å². The molecular formula is C30H29N7OS2. The van der Waals surface area contributed by atoms with Crippen LogP contribution in [0.1, 0.15) is 26.6 Å². The summed E-state index contributed by atoms with van der Waals surface area (Å²) in [5.41, 5.74) is 6.14. The summed E-state index contributed by atoms with van der Waals surface area (Å²) in [6, 6.07) is 20.6. The van der Waals surface area contributed by atoms with Gasteiger partial charge in [-0.2, -0.15) is 0 Å². The molecule has 1 aliphatic heterocycles. The predicted molar refractivity (Wildman–Crippen MR) is 160 cm³/mol. The highest BCUT2D eigenvalue weighted by atomic mass is 32.2. The number of piperazine rings is 1. The zero-order chi connectivity index (χ0) is 27.5. The second-order valence-corrected chi connectivity index (χ2v) is 11.6. The standard InChI is InChI=1S/C30H29N7OS2/c1-21-7-9-24(10-8-21)37-28(23-11-13-31-14-12-23)33-34-30(37)40-20-27-32-25(19-39-27)29(38)36-17-15-35(16-18-36)26-6-4-3-5-22(26)2/h3-14,19H,15-18,20H2,1-2H3. The number of thioether (sulfide) groups is 1. The van der Waals surface area contributed by atoms with E-state index in [0.29, 0.717) is 24.5 Å². The number of amides is 1. The molecule has 4 heterocycles. The van der Waals surface area contributed by atoms with E-state index in [-0.39, 0.29) is 5.91 Å². The number of para-hydroxylation sites is 1. The molecule has 3 aromatic heterocycles. The first-order chi connectivity index (χ1) is 19.6. The minimum absolute atomic E-state index is 0.000251. The molecule has 2 aromatic carbocycles. The Balaban J connectivity index is 1.14. The summed E-state index contributed by atoms with van der Waals surface area (Å²) < 4.78 is 2.06. The molecule has 1 fully saturated rings. The summed E-state index contributed by atoms with van der Waals surface area (Å²) in [5, 5.41) is 12.5. The fourth-order valence-corrected chi connectivity index (χ4v) is 6.55. The number of nitrogens with zero attached hydrogens (tertiary/aromatic N) is 7. The number of aryl methyl sites for hydroxylation is 2. The number of benzene rings is 2. The number of thiazole rings is 1. The summed E-state index contributed by atoms with van der Waals surface area (Å²) in [4.78, 5) is 26.3. The van der Waals surface area contributed by atoms with Crippen LogP contribution in [0, 0.1) is 13.8 Å². The maximum Gasteiger partial charge on any atom is 0.273 e. The SMILES string of the molecule is Cc1ccc(-n2c(SCc3nc(C(=O)N4CCN(c5ccccc5C)CC4)cs3)nnc2-c2ccncc2)cc1. The molecule has 0 bridgehead atoms. The molecule has 0 spiro atoms. The minimum atomic E-state index is -0.000251. The molecule has 6 rings (SSSR count). The smallest absolute Gasteiger partial charge is 0.273 e. The first kappa shape index (κ1) is 26.2. The Hall–Kier alpha value is -4.02. The average molecular weight is 568 g/mol. The minimum Gasteiger partial charge on any atom is -0.368 e. The molecule has 0 saturated carbocycles. The highest BCUT2D eigenvalue weighted by molar-refractivity contribution is 7.98. The van der Waals surface area contributed by atoms with Crippen molar-refractivity contribution >= 4 is 34.7 Å². The summed E-state index contributed by atoms with van der Waals surface area (Å²) >= 11 is 3.08. The van der Waals surface area contributed by atoms with Gasteiger partial charge in [0.25, 0.3) is 5.91 Å². The highest BCUT2D eigenvalue weighted by Gasteiger charge is 2.25. The number of aromatic nitrogens is 5. The highest BCUT2D eigenvalue weighted by Crippen LogP contribution is 2.30. The molecule has 40 heavy (non-hydrogen) atoms. The first-order valence-electron chi connectivity index (χ1n) is 13.2. The normalized spacial score (nSPS) is 13.6. The Kier molecular flexibility index (Phi) is 7.61. The van der Waals surface area contributed by atoms with E-state index in [9.17, 15) is 4.79 Å². The summed E-state index contributed by atoms with van der Waals surface area (Å²) in [6.07, 6.45) is 3.51. The predicted octanol–water partition coefficient (Wildman–Crippen LogP) is 5.66. The molecular weight excluding hydrogens is 539 g/mol. The molecule has 1 saturated heterocycles. The second-order valence-electron chi connectivity index (χ2n) is 9.69. The van der Waals surface area contributed by atoms with Crippen LogP contribution >= 0.6 is 23.1 Å². The van der Waals surface area contributed by atoms with Gasteiger partial charge in [0.15, 0.2) is 11.0 Å². The lowest BCUT2D eigenvalue weighted by Gasteiger charge is -2.36. The van der Waals surface area contributed by atoms with Gasteiger partial charge in [-0.05, 0) is 49.7 Å². The van der Waals surface area contributed by atoms with Gasteiger partial charge in [-0.15, -0.1) is 21.5 Å². The zero-order valence-corrected chi connectivity index (χ0v) is 24.0. The first-order valence-corrected chi connectivity index (χ1v) is 15.0. The fraction of sp³-hybridized carbons (Fsp3) is 0.233. The molecule has 5 aromatic rings. The van der Waals surface area contributed by atoms with E-state index in [0.717, 1.165) is 40.3 Å². The van der Waals surface area contributed by atoms with E-state index in [4.69, 9.17) is 4.98 Å². The van der Waals surface area contributed by atoms with E-state index >= 15 is 0 Å². The maximum atomic E-state index is 13.2. The molecule has 10 heteroatoms. The van der Waals surface area contributed by atoms with Crippen LogP contribution < -0.4 is 4.90 Å². The van der Waals surface area contributed by atoms with Crippen LogP contribution in [-0.4, -0.2) is 61.7 Å². The van der Waals surface area contributed by atoms with Gasteiger partial charge in [0.05, 0.1) is 5.75 Å². The Morgan fingerprint density at radius 1 is 0.925 bits per heavy atom. The van der Waals surface area contributed by atoms with Crippen molar-refractivity contribution in [1.29, 1.82) is 0 Å². The van der Waals surface area contributed by atoms with Gasteiger partial charge < -0.3 is 9.80 Å². The third-order valence-corrected chi connectivity index (χ3v) is 8.95. The molecule has 0 radical (unpaired) electrons. The lowest BCUT2D eigenvalue weighted by Crippen LogP contribution is -2.49. The number of anilines is 1. The summed E-state index contributed by atoms with van der Waals surface area (Å²) in [6.45, 7) is 7.21. The van der Waals surface area contributed by atoms with Crippen molar-refractivity contribution in [2.45, 2.75) is 24.8 Å². The van der Waals surface area contributed by atoms with Gasteiger partial charge in [0.2, 0.25) is 0 Å². The van der Waals surface area contributed by atoms with Crippen molar-refractivity contribution in [3.05, 3.63) is 100 Å². The summed E-state index contributed by atoms with van der Waals surface area (Å²) in [5.74, 6) is 1.35. The molecule has 0 unspecified atom stereocenters. The largest absolute Gasteiger partial charge is 0.368 e. The van der Waals surface area contributed by atoms with Crippen LogP contribution in [0.25, 0.3) is 17.1 Å². The molecule has 1 amide bonds. The number of carbonyl (C=O) groups is 1. The molecule has 1 aliphatic rings. The lowest BCUT2D eigenvalue weighted by atomic mass is 10.1. The van der Waals surface area contributed by atoms with Gasteiger partial charge in [0, 0.05) is 60.9 Å². The zero-order valence-electron chi connectivity index (χ0n) is 22.4. The van der Waals surface area contributed by atoms with E-state index < -0.39 is 0 Å². The third-order valence-electron chi connectivity index (χ3n) is 6.98. The average Bonchev–Trinajstić information content (AvgIpc) is 3.65. The van der Waals surface area contributed by atoms with Crippen molar-refractivity contribution < 1.29 is 4.79 Å². The second kappa shape index (κ2) is 11.6. The molecule has 0 atom stereocenters. The maximum absolute atomic E-state index is 13.2. The molecule has 0 aliphatic carbocycles. The Morgan fingerprint density at radius 2 is 1.68 bits per heavy atom.